The van der Waals surface area contributed by atoms with Crippen LogP contribution in [0.1, 0.15) is 19.8 Å². The first-order chi connectivity index (χ1) is 13.1. The number of likely N-dealkylation sites (N-methyl/N-ethyl adjacent to an activating group) is 1. The Morgan fingerprint density at radius 3 is 2.52 bits per heavy atom. The van der Waals surface area contributed by atoms with Gasteiger partial charge in [0.25, 0.3) is 5.69 Å². The van der Waals surface area contributed by atoms with E-state index >= 15 is 0 Å². The minimum absolute atomic E-state index is 0.0802. The van der Waals surface area contributed by atoms with Gasteiger partial charge in [0.05, 0.1) is 10.6 Å². The standard InChI is InChI=1S/C19H28N6O2/c1-2-22-9-11-24(12-10-22)16-3-4-19(25(26)27)17(13-16)20-21-18-14-23-7-5-15(18)6-8-23/h3-4,13,15,20H,2,5-12,14H2,1H3/b21-18+. The van der Waals surface area contributed by atoms with E-state index in [0.29, 0.717) is 11.6 Å². The second kappa shape index (κ2) is 7.82. The molecule has 4 aliphatic heterocycles. The third-order valence-electron chi connectivity index (χ3n) is 6.13. The van der Waals surface area contributed by atoms with Crippen LogP contribution in [0.4, 0.5) is 17.1 Å². The second-order valence-corrected chi connectivity index (χ2v) is 7.65. The Labute approximate surface area is 160 Å². The lowest BCUT2D eigenvalue weighted by molar-refractivity contribution is -0.383. The van der Waals surface area contributed by atoms with E-state index in [4.69, 9.17) is 0 Å². The molecule has 8 nitrogen and oxygen atoms in total. The van der Waals surface area contributed by atoms with Gasteiger partial charge in [-0.25, -0.2) is 0 Å². The topological polar surface area (TPSA) is 77.2 Å². The number of hydrazone groups is 1. The van der Waals surface area contributed by atoms with E-state index in [9.17, 15) is 10.1 Å². The largest absolute Gasteiger partial charge is 0.369 e. The molecule has 1 aromatic rings. The maximum Gasteiger partial charge on any atom is 0.294 e. The van der Waals surface area contributed by atoms with Crippen molar-refractivity contribution in [1.82, 2.24) is 9.80 Å². The number of nitro benzene ring substituents is 1. The molecule has 27 heavy (non-hydrogen) atoms. The Bertz CT molecular complexity index is 721. The van der Waals surface area contributed by atoms with Crippen LogP contribution >= 0.6 is 0 Å². The number of nitrogens with one attached hydrogen (secondary N) is 1. The van der Waals surface area contributed by atoms with Gasteiger partial charge in [-0.05, 0) is 44.6 Å². The molecule has 0 amide bonds. The van der Waals surface area contributed by atoms with Crippen molar-refractivity contribution in [1.29, 1.82) is 0 Å². The maximum absolute atomic E-state index is 11.5. The van der Waals surface area contributed by atoms with Crippen LogP contribution < -0.4 is 10.3 Å². The molecule has 0 spiro atoms. The number of benzene rings is 1. The number of nitro groups is 1. The van der Waals surface area contributed by atoms with Gasteiger partial charge in [-0.15, -0.1) is 0 Å². The van der Waals surface area contributed by atoms with Crippen LogP contribution in [0.3, 0.4) is 0 Å². The SMILES string of the molecule is CCN1CCN(c2ccc([N+](=O)[O-])c(N/N=C3\CN4CCC3CC4)c2)CC1. The number of anilines is 2. The monoisotopic (exact) mass is 372 g/mol. The molecule has 0 unspecified atom stereocenters. The molecule has 4 aliphatic rings. The first kappa shape index (κ1) is 18.2. The molecule has 0 radical (unpaired) electrons. The number of fused-ring (bicyclic) bond motifs is 3. The minimum atomic E-state index is -0.335. The predicted octanol–water partition coefficient (Wildman–Crippen LogP) is 2.23. The van der Waals surface area contributed by atoms with Crippen LogP contribution in [0.2, 0.25) is 0 Å². The van der Waals surface area contributed by atoms with E-state index in [2.05, 4.69) is 32.2 Å². The van der Waals surface area contributed by atoms with Crippen molar-refractivity contribution in [3.8, 4) is 0 Å². The van der Waals surface area contributed by atoms with Crippen LogP contribution in [0.5, 0.6) is 0 Å². The molecule has 1 N–H and O–H groups in total. The molecule has 4 saturated heterocycles. The number of rotatable bonds is 5. The van der Waals surface area contributed by atoms with Gasteiger partial charge in [-0.1, -0.05) is 6.92 Å². The third-order valence-corrected chi connectivity index (χ3v) is 6.13. The highest BCUT2D eigenvalue weighted by Gasteiger charge is 2.31. The Morgan fingerprint density at radius 2 is 1.93 bits per heavy atom. The van der Waals surface area contributed by atoms with E-state index in [1.807, 2.05) is 12.1 Å². The van der Waals surface area contributed by atoms with E-state index in [1.54, 1.807) is 6.07 Å². The van der Waals surface area contributed by atoms with Crippen molar-refractivity contribution < 1.29 is 4.92 Å². The highest BCUT2D eigenvalue weighted by Crippen LogP contribution is 2.31. The molecule has 4 heterocycles. The molecular formula is C19H28N6O2. The molecule has 5 rings (SSSR count). The summed E-state index contributed by atoms with van der Waals surface area (Å²) in [4.78, 5) is 18.2. The molecule has 0 aromatic heterocycles. The predicted molar refractivity (Wildman–Crippen MR) is 108 cm³/mol. The second-order valence-electron chi connectivity index (χ2n) is 7.65. The van der Waals surface area contributed by atoms with E-state index < -0.39 is 0 Å². The van der Waals surface area contributed by atoms with Gasteiger partial charge in [0, 0.05) is 50.4 Å². The van der Waals surface area contributed by atoms with Crippen LogP contribution in [-0.2, 0) is 0 Å². The number of hydrogen-bond acceptors (Lipinski definition) is 7. The fourth-order valence-electron chi connectivity index (χ4n) is 4.33. The summed E-state index contributed by atoms with van der Waals surface area (Å²) in [6.07, 6.45) is 2.29. The van der Waals surface area contributed by atoms with E-state index in [-0.39, 0.29) is 10.6 Å². The lowest BCUT2D eigenvalue weighted by Crippen LogP contribution is -2.48. The van der Waals surface area contributed by atoms with Crippen molar-refractivity contribution in [3.63, 3.8) is 0 Å². The number of piperidine rings is 3. The molecule has 8 heteroatoms. The van der Waals surface area contributed by atoms with Gasteiger partial charge in [0.15, 0.2) is 0 Å². The molecule has 0 atom stereocenters. The zero-order valence-corrected chi connectivity index (χ0v) is 15.9. The quantitative estimate of drug-likeness (QED) is 0.631. The van der Waals surface area contributed by atoms with Crippen LogP contribution in [-0.4, -0.2) is 72.8 Å². The Hall–Kier alpha value is -2.19. The lowest BCUT2D eigenvalue weighted by atomic mass is 9.87. The summed E-state index contributed by atoms with van der Waals surface area (Å²) >= 11 is 0. The fraction of sp³-hybridized carbons (Fsp3) is 0.632. The summed E-state index contributed by atoms with van der Waals surface area (Å²) in [5.41, 5.74) is 5.75. The summed E-state index contributed by atoms with van der Waals surface area (Å²) in [7, 11) is 0. The normalized spacial score (nSPS) is 27.1. The molecule has 1 aromatic carbocycles. The maximum atomic E-state index is 11.5. The first-order valence-corrected chi connectivity index (χ1v) is 9.94. The van der Waals surface area contributed by atoms with E-state index in [0.717, 1.165) is 76.6 Å². The van der Waals surface area contributed by atoms with Gasteiger partial charge >= 0.3 is 0 Å². The summed E-state index contributed by atoms with van der Waals surface area (Å²) < 4.78 is 0. The average molecular weight is 372 g/mol. The summed E-state index contributed by atoms with van der Waals surface area (Å²) in [6.45, 7) is 10.3. The van der Waals surface area contributed by atoms with Gasteiger partial charge in [-0.2, -0.15) is 5.10 Å². The highest BCUT2D eigenvalue weighted by atomic mass is 16.6. The van der Waals surface area contributed by atoms with E-state index in [1.165, 1.54) is 0 Å². The molecular weight excluding hydrogens is 344 g/mol. The van der Waals surface area contributed by atoms with Crippen LogP contribution in [0, 0.1) is 16.0 Å². The van der Waals surface area contributed by atoms with Crippen molar-refractivity contribution >= 4 is 22.8 Å². The molecule has 2 bridgehead atoms. The number of piperazine rings is 1. The molecule has 0 saturated carbocycles. The number of nitrogens with zero attached hydrogens (tertiary/aromatic N) is 5. The van der Waals surface area contributed by atoms with Crippen molar-refractivity contribution in [2.45, 2.75) is 19.8 Å². The van der Waals surface area contributed by atoms with Crippen molar-refractivity contribution in [3.05, 3.63) is 28.3 Å². The molecule has 0 aliphatic carbocycles. The third kappa shape index (κ3) is 3.91. The van der Waals surface area contributed by atoms with Crippen molar-refractivity contribution in [2.75, 3.05) is 62.7 Å². The zero-order chi connectivity index (χ0) is 18.8. The molecule has 146 valence electrons. The van der Waals surface area contributed by atoms with Gasteiger partial charge in [0.2, 0.25) is 0 Å². The Balaban J connectivity index is 1.52. The summed E-state index contributed by atoms with van der Waals surface area (Å²) in [6, 6.07) is 5.33. The summed E-state index contributed by atoms with van der Waals surface area (Å²) in [5.74, 6) is 0.520. The molecule has 4 fully saturated rings. The zero-order valence-electron chi connectivity index (χ0n) is 15.9. The Kier molecular flexibility index (Phi) is 5.27. The smallest absolute Gasteiger partial charge is 0.294 e. The van der Waals surface area contributed by atoms with Gasteiger partial charge in [-0.3, -0.25) is 20.4 Å². The van der Waals surface area contributed by atoms with Crippen LogP contribution in [0.15, 0.2) is 23.3 Å². The fourth-order valence-corrected chi connectivity index (χ4v) is 4.33. The van der Waals surface area contributed by atoms with Gasteiger partial charge < -0.3 is 9.80 Å². The minimum Gasteiger partial charge on any atom is -0.369 e. The number of hydrogen-bond donors (Lipinski definition) is 1. The summed E-state index contributed by atoms with van der Waals surface area (Å²) in [5, 5.41) is 16.0. The average Bonchev–Trinajstić information content (AvgIpc) is 2.73. The Morgan fingerprint density at radius 1 is 1.19 bits per heavy atom. The van der Waals surface area contributed by atoms with Gasteiger partial charge in [0.1, 0.15) is 5.69 Å². The highest BCUT2D eigenvalue weighted by molar-refractivity contribution is 5.90. The first-order valence-electron chi connectivity index (χ1n) is 9.94. The van der Waals surface area contributed by atoms with Crippen LogP contribution in [0.25, 0.3) is 0 Å². The van der Waals surface area contributed by atoms with Crippen molar-refractivity contribution in [2.24, 2.45) is 11.0 Å². The lowest BCUT2D eigenvalue weighted by Gasteiger charge is -2.39.